The SMILES string of the molecule is CC(C)NC(CCN1CCC(C(F)(F)F)CC1)C(N)=O. The number of rotatable bonds is 6. The minimum Gasteiger partial charge on any atom is -0.368 e. The van der Waals surface area contributed by atoms with Gasteiger partial charge in [-0.2, -0.15) is 13.2 Å². The van der Waals surface area contributed by atoms with E-state index in [1.165, 1.54) is 0 Å². The summed E-state index contributed by atoms with van der Waals surface area (Å²) in [5.41, 5.74) is 5.31. The van der Waals surface area contributed by atoms with Gasteiger partial charge in [-0.1, -0.05) is 13.8 Å². The molecule has 1 aliphatic heterocycles. The highest BCUT2D eigenvalue weighted by atomic mass is 19.4. The number of hydrogen-bond donors (Lipinski definition) is 2. The summed E-state index contributed by atoms with van der Waals surface area (Å²) in [6, 6.07) is -0.279. The summed E-state index contributed by atoms with van der Waals surface area (Å²) in [5.74, 6) is -1.59. The largest absolute Gasteiger partial charge is 0.391 e. The van der Waals surface area contributed by atoms with Crippen LogP contribution < -0.4 is 11.1 Å². The zero-order valence-corrected chi connectivity index (χ0v) is 12.0. The highest BCUT2D eigenvalue weighted by Gasteiger charge is 2.40. The zero-order valence-electron chi connectivity index (χ0n) is 12.0. The molecule has 20 heavy (non-hydrogen) atoms. The molecule has 3 N–H and O–H groups in total. The standard InChI is InChI=1S/C13H24F3N3O/c1-9(2)18-11(12(17)20)5-8-19-6-3-10(4-7-19)13(14,15)16/h9-11,18H,3-8H2,1-2H3,(H2,17,20). The van der Waals surface area contributed by atoms with Crippen molar-refractivity contribution in [1.82, 2.24) is 10.2 Å². The average Bonchev–Trinajstić information content (AvgIpc) is 2.33. The molecule has 118 valence electrons. The Labute approximate surface area is 117 Å². The first-order valence-electron chi connectivity index (χ1n) is 7.04. The molecule has 1 amide bonds. The van der Waals surface area contributed by atoms with Gasteiger partial charge in [0.2, 0.25) is 5.91 Å². The highest BCUT2D eigenvalue weighted by molar-refractivity contribution is 5.79. The number of hydrogen-bond acceptors (Lipinski definition) is 3. The van der Waals surface area contributed by atoms with Gasteiger partial charge < -0.3 is 16.0 Å². The molecule has 0 aromatic carbocycles. The summed E-state index contributed by atoms with van der Waals surface area (Å²) < 4.78 is 37.6. The number of likely N-dealkylation sites (tertiary alicyclic amines) is 1. The Balaban J connectivity index is 2.34. The molecule has 0 aliphatic carbocycles. The highest BCUT2D eigenvalue weighted by Crippen LogP contribution is 2.34. The van der Waals surface area contributed by atoms with Crippen molar-refractivity contribution in [2.75, 3.05) is 19.6 Å². The topological polar surface area (TPSA) is 58.4 Å². The van der Waals surface area contributed by atoms with Crippen molar-refractivity contribution >= 4 is 5.91 Å². The van der Waals surface area contributed by atoms with E-state index in [1.807, 2.05) is 18.7 Å². The number of halogens is 3. The Hall–Kier alpha value is -0.820. The van der Waals surface area contributed by atoms with Crippen LogP contribution >= 0.6 is 0 Å². The fraction of sp³-hybridized carbons (Fsp3) is 0.923. The monoisotopic (exact) mass is 295 g/mol. The van der Waals surface area contributed by atoms with Gasteiger partial charge in [-0.3, -0.25) is 4.79 Å². The molecule has 0 spiro atoms. The molecule has 4 nitrogen and oxygen atoms in total. The summed E-state index contributed by atoms with van der Waals surface area (Å²) in [6.45, 7) is 5.29. The van der Waals surface area contributed by atoms with Crippen LogP contribution in [0.3, 0.4) is 0 Å². The lowest BCUT2D eigenvalue weighted by Crippen LogP contribution is -2.47. The first kappa shape index (κ1) is 17.2. The van der Waals surface area contributed by atoms with Crippen molar-refractivity contribution in [2.24, 2.45) is 11.7 Å². The maximum Gasteiger partial charge on any atom is 0.391 e. The minimum atomic E-state index is -4.08. The van der Waals surface area contributed by atoms with Crippen LogP contribution in [0.1, 0.15) is 33.1 Å². The Morgan fingerprint density at radius 2 is 1.90 bits per heavy atom. The third kappa shape index (κ3) is 5.66. The Bertz CT molecular complexity index is 312. The molecule has 1 aliphatic rings. The predicted molar refractivity (Wildman–Crippen MR) is 71.1 cm³/mol. The van der Waals surface area contributed by atoms with Crippen molar-refractivity contribution < 1.29 is 18.0 Å². The molecule has 0 bridgehead atoms. The molecule has 0 saturated carbocycles. The first-order valence-corrected chi connectivity index (χ1v) is 7.04. The fourth-order valence-electron chi connectivity index (χ4n) is 2.51. The molecule has 0 aromatic heterocycles. The molecule has 1 fully saturated rings. The number of piperidine rings is 1. The van der Waals surface area contributed by atoms with E-state index in [-0.39, 0.29) is 18.9 Å². The molecule has 1 atom stereocenters. The van der Waals surface area contributed by atoms with Crippen LogP contribution in [0.25, 0.3) is 0 Å². The lowest BCUT2D eigenvalue weighted by Gasteiger charge is -2.33. The van der Waals surface area contributed by atoms with Crippen LogP contribution in [0.4, 0.5) is 13.2 Å². The molecule has 1 heterocycles. The minimum absolute atomic E-state index is 0.141. The summed E-state index contributed by atoms with van der Waals surface area (Å²) in [5, 5.41) is 3.07. The third-order valence-corrected chi connectivity index (χ3v) is 3.66. The van der Waals surface area contributed by atoms with Crippen LogP contribution in [0.15, 0.2) is 0 Å². The second kappa shape index (κ2) is 7.26. The molecule has 7 heteroatoms. The maximum atomic E-state index is 12.5. The molecule has 0 radical (unpaired) electrons. The van der Waals surface area contributed by atoms with Crippen molar-refractivity contribution in [3.05, 3.63) is 0 Å². The van der Waals surface area contributed by atoms with E-state index in [0.717, 1.165) is 0 Å². The van der Waals surface area contributed by atoms with Crippen LogP contribution in [0, 0.1) is 5.92 Å². The van der Waals surface area contributed by atoms with Gasteiger partial charge in [-0.05, 0) is 32.4 Å². The van der Waals surface area contributed by atoms with Crippen molar-refractivity contribution in [3.8, 4) is 0 Å². The quantitative estimate of drug-likeness (QED) is 0.781. The van der Waals surface area contributed by atoms with Gasteiger partial charge in [-0.25, -0.2) is 0 Å². The van der Waals surface area contributed by atoms with Crippen LogP contribution in [0.2, 0.25) is 0 Å². The van der Waals surface area contributed by atoms with E-state index in [1.54, 1.807) is 0 Å². The molecule has 1 saturated heterocycles. The van der Waals surface area contributed by atoms with Gasteiger partial charge in [0, 0.05) is 12.6 Å². The van der Waals surface area contributed by atoms with Crippen LogP contribution in [-0.2, 0) is 4.79 Å². The number of carbonyl (C=O) groups is 1. The number of primary amides is 1. The molecule has 1 rings (SSSR count). The smallest absolute Gasteiger partial charge is 0.368 e. The van der Waals surface area contributed by atoms with E-state index in [2.05, 4.69) is 5.32 Å². The van der Waals surface area contributed by atoms with Gasteiger partial charge >= 0.3 is 6.18 Å². The van der Waals surface area contributed by atoms with E-state index < -0.39 is 24.0 Å². The van der Waals surface area contributed by atoms with E-state index in [4.69, 9.17) is 5.73 Å². The molecular weight excluding hydrogens is 271 g/mol. The summed E-state index contributed by atoms with van der Waals surface area (Å²) in [6.07, 6.45) is -3.27. The Morgan fingerprint density at radius 1 is 1.35 bits per heavy atom. The number of carbonyl (C=O) groups excluding carboxylic acids is 1. The lowest BCUT2D eigenvalue weighted by atomic mass is 9.96. The summed E-state index contributed by atoms with van der Waals surface area (Å²) in [7, 11) is 0. The van der Waals surface area contributed by atoms with Crippen molar-refractivity contribution in [3.63, 3.8) is 0 Å². The Kier molecular flexibility index (Phi) is 6.26. The van der Waals surface area contributed by atoms with Crippen LogP contribution in [0.5, 0.6) is 0 Å². The lowest BCUT2D eigenvalue weighted by molar-refractivity contribution is -0.185. The summed E-state index contributed by atoms with van der Waals surface area (Å²) >= 11 is 0. The van der Waals surface area contributed by atoms with Gasteiger partial charge in [0.1, 0.15) is 0 Å². The molecule has 1 unspecified atom stereocenters. The van der Waals surface area contributed by atoms with Gasteiger partial charge in [0.15, 0.2) is 0 Å². The fourth-order valence-corrected chi connectivity index (χ4v) is 2.51. The predicted octanol–water partition coefficient (Wildman–Crippen LogP) is 1.50. The normalized spacial score (nSPS) is 20.3. The number of nitrogens with one attached hydrogen (secondary N) is 1. The van der Waals surface area contributed by atoms with Crippen molar-refractivity contribution in [1.29, 1.82) is 0 Å². The van der Waals surface area contributed by atoms with Crippen molar-refractivity contribution in [2.45, 2.75) is 51.4 Å². The third-order valence-electron chi connectivity index (χ3n) is 3.66. The molecule has 0 aromatic rings. The second-order valence-electron chi connectivity index (χ2n) is 5.72. The van der Waals surface area contributed by atoms with E-state index in [0.29, 0.717) is 26.1 Å². The van der Waals surface area contributed by atoms with Gasteiger partial charge in [0.25, 0.3) is 0 Å². The number of alkyl halides is 3. The Morgan fingerprint density at radius 3 is 2.30 bits per heavy atom. The van der Waals surface area contributed by atoms with Crippen LogP contribution in [-0.4, -0.2) is 48.7 Å². The van der Waals surface area contributed by atoms with E-state index >= 15 is 0 Å². The number of nitrogens with zero attached hydrogens (tertiary/aromatic N) is 1. The maximum absolute atomic E-state index is 12.5. The van der Waals surface area contributed by atoms with E-state index in [9.17, 15) is 18.0 Å². The second-order valence-corrected chi connectivity index (χ2v) is 5.72. The zero-order chi connectivity index (χ0) is 15.3. The van der Waals surface area contributed by atoms with Gasteiger partial charge in [0.05, 0.1) is 12.0 Å². The average molecular weight is 295 g/mol. The van der Waals surface area contributed by atoms with Gasteiger partial charge in [-0.15, -0.1) is 0 Å². The molecular formula is C13H24F3N3O. The number of nitrogens with two attached hydrogens (primary N) is 1. The number of amides is 1. The summed E-state index contributed by atoms with van der Waals surface area (Å²) in [4.78, 5) is 13.3. The first-order chi connectivity index (χ1) is 9.20.